The molecule has 1 aliphatic heterocycles. The highest BCUT2D eigenvalue weighted by atomic mass is 16.7. The lowest BCUT2D eigenvalue weighted by Gasteiger charge is -2.03. The number of nitrogens with one attached hydrogen (secondary N) is 1. The van der Waals surface area contributed by atoms with Gasteiger partial charge in [0.15, 0.2) is 0 Å². The Labute approximate surface area is 42.6 Å². The van der Waals surface area contributed by atoms with Crippen LogP contribution in [0.3, 0.4) is 0 Å². The third-order valence-electron chi connectivity index (χ3n) is 0.802. The fourth-order valence-electron chi connectivity index (χ4n) is 0.467. The zero-order valence-corrected chi connectivity index (χ0v) is 4.18. The standard InChI is InChI=1S/C4H8NO2/c1-6-4-5-2-3-7-4/h3-5H,2H2,1H3. The van der Waals surface area contributed by atoms with Crippen LogP contribution in [-0.2, 0) is 9.47 Å². The average Bonchev–Trinajstić information content (AvgIpc) is 2.14. The second-order valence-electron chi connectivity index (χ2n) is 1.28. The van der Waals surface area contributed by atoms with Gasteiger partial charge in [-0.2, -0.15) is 0 Å². The number of methoxy groups -OCH3 is 1. The van der Waals surface area contributed by atoms with E-state index < -0.39 is 0 Å². The van der Waals surface area contributed by atoms with Crippen molar-refractivity contribution in [2.45, 2.75) is 6.41 Å². The maximum Gasteiger partial charge on any atom is 0.216 e. The fourth-order valence-corrected chi connectivity index (χ4v) is 0.467. The molecule has 1 heterocycles. The quantitative estimate of drug-likeness (QED) is 0.493. The molecule has 3 nitrogen and oxygen atoms in total. The molecular formula is C4H8NO2. The van der Waals surface area contributed by atoms with Crippen molar-refractivity contribution in [1.82, 2.24) is 5.32 Å². The Morgan fingerprint density at radius 3 is 3.14 bits per heavy atom. The Kier molecular flexibility index (Phi) is 1.62. The lowest BCUT2D eigenvalue weighted by Crippen LogP contribution is -2.23. The van der Waals surface area contributed by atoms with Gasteiger partial charge in [-0.25, -0.2) is 0 Å². The predicted molar refractivity (Wildman–Crippen MR) is 24.2 cm³/mol. The molecule has 0 aromatic heterocycles. The summed E-state index contributed by atoms with van der Waals surface area (Å²) in [5.41, 5.74) is 0. The second-order valence-corrected chi connectivity index (χ2v) is 1.28. The van der Waals surface area contributed by atoms with Gasteiger partial charge in [0.05, 0.1) is 0 Å². The summed E-state index contributed by atoms with van der Waals surface area (Å²) in [5, 5.41) is 2.91. The molecule has 0 aliphatic carbocycles. The fraction of sp³-hybridized carbons (Fsp3) is 0.750. The monoisotopic (exact) mass is 102 g/mol. The van der Waals surface area contributed by atoms with Crippen LogP contribution >= 0.6 is 0 Å². The highest BCUT2D eigenvalue weighted by Gasteiger charge is 2.11. The molecular weight excluding hydrogens is 94.0 g/mol. The van der Waals surface area contributed by atoms with Crippen molar-refractivity contribution >= 4 is 0 Å². The topological polar surface area (TPSA) is 30.5 Å². The number of rotatable bonds is 1. The smallest absolute Gasteiger partial charge is 0.216 e. The Morgan fingerprint density at radius 2 is 2.86 bits per heavy atom. The molecule has 0 aromatic carbocycles. The van der Waals surface area contributed by atoms with E-state index in [-0.39, 0.29) is 6.41 Å². The molecule has 1 atom stereocenters. The molecule has 1 N–H and O–H groups in total. The summed E-state index contributed by atoms with van der Waals surface area (Å²) in [7, 11) is 1.59. The van der Waals surface area contributed by atoms with E-state index in [4.69, 9.17) is 9.47 Å². The van der Waals surface area contributed by atoms with Crippen molar-refractivity contribution in [1.29, 1.82) is 0 Å². The van der Waals surface area contributed by atoms with Crippen LogP contribution in [0.5, 0.6) is 0 Å². The van der Waals surface area contributed by atoms with E-state index in [9.17, 15) is 0 Å². The van der Waals surface area contributed by atoms with Gasteiger partial charge in [-0.1, -0.05) is 0 Å². The number of hydrogen-bond acceptors (Lipinski definition) is 3. The summed E-state index contributed by atoms with van der Waals surface area (Å²) in [4.78, 5) is 0. The maximum atomic E-state index is 4.84. The zero-order chi connectivity index (χ0) is 5.11. The van der Waals surface area contributed by atoms with E-state index in [2.05, 4.69) is 5.32 Å². The minimum absolute atomic E-state index is 0.208. The minimum atomic E-state index is -0.208. The van der Waals surface area contributed by atoms with E-state index >= 15 is 0 Å². The van der Waals surface area contributed by atoms with Gasteiger partial charge in [-0.05, 0) is 0 Å². The second kappa shape index (κ2) is 2.26. The van der Waals surface area contributed by atoms with Gasteiger partial charge in [0.25, 0.3) is 0 Å². The third-order valence-corrected chi connectivity index (χ3v) is 0.802. The van der Waals surface area contributed by atoms with Gasteiger partial charge in [-0.3, -0.25) is 5.32 Å². The van der Waals surface area contributed by atoms with E-state index in [1.165, 1.54) is 0 Å². The molecule has 1 fully saturated rings. The van der Waals surface area contributed by atoms with Crippen molar-refractivity contribution in [3.63, 3.8) is 0 Å². The normalized spacial score (nSPS) is 31.3. The average molecular weight is 102 g/mol. The minimum Gasteiger partial charge on any atom is -0.343 e. The van der Waals surface area contributed by atoms with Gasteiger partial charge < -0.3 is 9.47 Å². The highest BCUT2D eigenvalue weighted by Crippen LogP contribution is 1.97. The lowest BCUT2D eigenvalue weighted by molar-refractivity contribution is -0.0851. The van der Waals surface area contributed by atoms with Crippen LogP contribution in [0.1, 0.15) is 0 Å². The highest BCUT2D eigenvalue weighted by molar-refractivity contribution is 4.63. The van der Waals surface area contributed by atoms with E-state index in [1.807, 2.05) is 0 Å². The number of hydrogen-bond donors (Lipinski definition) is 1. The van der Waals surface area contributed by atoms with Crippen molar-refractivity contribution in [3.05, 3.63) is 6.61 Å². The molecule has 7 heavy (non-hydrogen) atoms. The molecule has 1 rings (SSSR count). The lowest BCUT2D eigenvalue weighted by atomic mass is 10.7. The summed E-state index contributed by atoms with van der Waals surface area (Å²) < 4.78 is 9.59. The SMILES string of the molecule is COC1NC[CH]O1. The van der Waals surface area contributed by atoms with Crippen molar-refractivity contribution < 1.29 is 9.47 Å². The molecule has 1 saturated heterocycles. The number of ether oxygens (including phenoxy) is 2. The first-order chi connectivity index (χ1) is 3.43. The zero-order valence-electron chi connectivity index (χ0n) is 4.18. The molecule has 1 aliphatic rings. The molecule has 0 aromatic rings. The first-order valence-corrected chi connectivity index (χ1v) is 2.17. The summed E-state index contributed by atoms with van der Waals surface area (Å²) >= 11 is 0. The molecule has 0 amide bonds. The summed E-state index contributed by atoms with van der Waals surface area (Å²) in [6.45, 7) is 2.45. The maximum absolute atomic E-state index is 4.84. The summed E-state index contributed by atoms with van der Waals surface area (Å²) in [6.07, 6.45) is -0.208. The Bertz CT molecular complexity index is 51.7. The summed E-state index contributed by atoms with van der Waals surface area (Å²) in [6, 6.07) is 0. The Morgan fingerprint density at radius 1 is 2.00 bits per heavy atom. The van der Waals surface area contributed by atoms with Crippen LogP contribution in [0.4, 0.5) is 0 Å². The van der Waals surface area contributed by atoms with Crippen LogP contribution in [0.2, 0.25) is 0 Å². The van der Waals surface area contributed by atoms with Gasteiger partial charge in [0, 0.05) is 13.7 Å². The molecule has 0 spiro atoms. The van der Waals surface area contributed by atoms with Crippen LogP contribution in [0.25, 0.3) is 0 Å². The van der Waals surface area contributed by atoms with Crippen LogP contribution in [0.15, 0.2) is 0 Å². The van der Waals surface area contributed by atoms with Gasteiger partial charge in [-0.15, -0.1) is 0 Å². The van der Waals surface area contributed by atoms with Crippen molar-refractivity contribution in [2.75, 3.05) is 13.7 Å². The van der Waals surface area contributed by atoms with Crippen molar-refractivity contribution in [3.8, 4) is 0 Å². The van der Waals surface area contributed by atoms with Crippen LogP contribution in [-0.4, -0.2) is 20.1 Å². The largest absolute Gasteiger partial charge is 0.343 e. The van der Waals surface area contributed by atoms with E-state index in [0.29, 0.717) is 0 Å². The molecule has 0 bridgehead atoms. The molecule has 3 heteroatoms. The molecule has 1 radical (unpaired) electrons. The first kappa shape index (κ1) is 5.03. The first-order valence-electron chi connectivity index (χ1n) is 2.17. The molecule has 1 unspecified atom stereocenters. The van der Waals surface area contributed by atoms with Crippen LogP contribution in [0, 0.1) is 6.61 Å². The predicted octanol–water partition coefficient (Wildman–Crippen LogP) is -0.302. The van der Waals surface area contributed by atoms with Crippen LogP contribution < -0.4 is 5.32 Å². The van der Waals surface area contributed by atoms with Gasteiger partial charge in [0.1, 0.15) is 6.61 Å². The van der Waals surface area contributed by atoms with Gasteiger partial charge >= 0.3 is 0 Å². The van der Waals surface area contributed by atoms with Gasteiger partial charge in [0.2, 0.25) is 6.41 Å². The van der Waals surface area contributed by atoms with E-state index in [0.717, 1.165) is 6.54 Å². The van der Waals surface area contributed by atoms with Crippen molar-refractivity contribution in [2.24, 2.45) is 0 Å². The Hall–Kier alpha value is -0.120. The molecule has 41 valence electrons. The Balaban J connectivity index is 2.14. The third kappa shape index (κ3) is 1.12. The molecule has 0 saturated carbocycles. The van der Waals surface area contributed by atoms with E-state index in [1.54, 1.807) is 13.7 Å². The summed E-state index contributed by atoms with van der Waals surface area (Å²) in [5.74, 6) is 0.